The van der Waals surface area contributed by atoms with Crippen molar-refractivity contribution in [2.75, 3.05) is 31.1 Å². The van der Waals surface area contributed by atoms with Crippen molar-refractivity contribution < 1.29 is 0 Å². The van der Waals surface area contributed by atoms with Gasteiger partial charge in [-0.2, -0.15) is 5.10 Å². The van der Waals surface area contributed by atoms with Crippen molar-refractivity contribution in [2.45, 2.75) is 47.0 Å². The van der Waals surface area contributed by atoms with Gasteiger partial charge in [0.2, 0.25) is 0 Å². The maximum absolute atomic E-state index is 4.35. The van der Waals surface area contributed by atoms with E-state index in [1.807, 2.05) is 6.20 Å². The van der Waals surface area contributed by atoms with Crippen LogP contribution in [0, 0.1) is 6.92 Å². The van der Waals surface area contributed by atoms with Crippen molar-refractivity contribution >= 4 is 5.82 Å². The maximum Gasteiger partial charge on any atom is 0.154 e. The fourth-order valence-corrected chi connectivity index (χ4v) is 2.26. The molecule has 0 spiro atoms. The fraction of sp³-hybridized carbons (Fsp3) is 0.733. The standard InChI is InChI=1S/C15H28N4/c1-5-10-16-11-8-9-14-13(4)12-17-18-15(14)19(6-2)7-3/h12,16H,5-11H2,1-4H3. The quantitative estimate of drug-likeness (QED) is 0.696. The summed E-state index contributed by atoms with van der Waals surface area (Å²) in [6.45, 7) is 12.8. The minimum atomic E-state index is 0.982. The predicted molar refractivity (Wildman–Crippen MR) is 81.8 cm³/mol. The second-order valence-electron chi connectivity index (χ2n) is 4.86. The second kappa shape index (κ2) is 8.86. The highest BCUT2D eigenvalue weighted by Gasteiger charge is 2.12. The topological polar surface area (TPSA) is 41.1 Å². The molecule has 0 unspecified atom stereocenters. The molecule has 0 atom stereocenters. The van der Waals surface area contributed by atoms with E-state index in [1.165, 1.54) is 17.5 Å². The first-order valence-electron chi connectivity index (χ1n) is 7.51. The first-order valence-corrected chi connectivity index (χ1v) is 7.51. The van der Waals surface area contributed by atoms with E-state index < -0.39 is 0 Å². The Hall–Kier alpha value is -1.16. The van der Waals surface area contributed by atoms with E-state index >= 15 is 0 Å². The van der Waals surface area contributed by atoms with Gasteiger partial charge in [0, 0.05) is 18.7 Å². The molecule has 0 aromatic carbocycles. The van der Waals surface area contributed by atoms with Crippen LogP contribution in [0.1, 0.15) is 44.7 Å². The molecule has 0 aliphatic rings. The monoisotopic (exact) mass is 264 g/mol. The van der Waals surface area contributed by atoms with Crippen molar-refractivity contribution in [3.8, 4) is 0 Å². The molecule has 0 saturated heterocycles. The Morgan fingerprint density at radius 1 is 1.16 bits per heavy atom. The Balaban J connectivity index is 2.69. The summed E-state index contributed by atoms with van der Waals surface area (Å²) in [6.07, 6.45) is 5.30. The van der Waals surface area contributed by atoms with E-state index in [2.05, 4.69) is 48.1 Å². The summed E-state index contributed by atoms with van der Waals surface area (Å²) in [5, 5.41) is 11.9. The third-order valence-electron chi connectivity index (χ3n) is 3.42. The number of anilines is 1. The minimum Gasteiger partial charge on any atom is -0.355 e. The highest BCUT2D eigenvalue weighted by molar-refractivity contribution is 5.49. The van der Waals surface area contributed by atoms with Gasteiger partial charge in [0.15, 0.2) is 5.82 Å². The molecule has 19 heavy (non-hydrogen) atoms. The summed E-state index contributed by atoms with van der Waals surface area (Å²) >= 11 is 0. The third-order valence-corrected chi connectivity index (χ3v) is 3.42. The van der Waals surface area contributed by atoms with Gasteiger partial charge in [-0.25, -0.2) is 0 Å². The van der Waals surface area contributed by atoms with E-state index in [0.29, 0.717) is 0 Å². The molecule has 0 amide bonds. The van der Waals surface area contributed by atoms with Gasteiger partial charge in [-0.1, -0.05) is 6.92 Å². The molecular weight excluding hydrogens is 236 g/mol. The largest absolute Gasteiger partial charge is 0.355 e. The van der Waals surface area contributed by atoms with Gasteiger partial charge in [-0.05, 0) is 58.7 Å². The van der Waals surface area contributed by atoms with E-state index in [9.17, 15) is 0 Å². The van der Waals surface area contributed by atoms with Gasteiger partial charge in [0.1, 0.15) is 0 Å². The van der Waals surface area contributed by atoms with Crippen molar-refractivity contribution in [1.82, 2.24) is 15.5 Å². The molecule has 0 fully saturated rings. The van der Waals surface area contributed by atoms with Crippen LogP contribution in [0.2, 0.25) is 0 Å². The van der Waals surface area contributed by atoms with Gasteiger partial charge in [-0.15, -0.1) is 5.10 Å². The number of rotatable bonds is 9. The lowest BCUT2D eigenvalue weighted by Crippen LogP contribution is -2.25. The van der Waals surface area contributed by atoms with Crippen LogP contribution < -0.4 is 10.2 Å². The number of aromatic nitrogens is 2. The van der Waals surface area contributed by atoms with Gasteiger partial charge in [-0.3, -0.25) is 0 Å². The number of hydrogen-bond donors (Lipinski definition) is 1. The van der Waals surface area contributed by atoms with Crippen LogP contribution in [0.5, 0.6) is 0 Å². The van der Waals surface area contributed by atoms with E-state index in [1.54, 1.807) is 0 Å². The molecule has 108 valence electrons. The molecule has 1 heterocycles. The average Bonchev–Trinajstić information content (AvgIpc) is 2.42. The van der Waals surface area contributed by atoms with E-state index in [0.717, 1.165) is 44.8 Å². The molecule has 4 heteroatoms. The minimum absolute atomic E-state index is 0.982. The number of nitrogens with zero attached hydrogens (tertiary/aromatic N) is 3. The predicted octanol–water partition coefficient (Wildman–Crippen LogP) is 2.56. The van der Waals surface area contributed by atoms with Crippen molar-refractivity contribution in [3.63, 3.8) is 0 Å². The van der Waals surface area contributed by atoms with Crippen molar-refractivity contribution in [1.29, 1.82) is 0 Å². The van der Waals surface area contributed by atoms with E-state index in [4.69, 9.17) is 0 Å². The molecule has 0 aliphatic heterocycles. The maximum atomic E-state index is 4.35. The lowest BCUT2D eigenvalue weighted by atomic mass is 10.1. The molecular formula is C15H28N4. The highest BCUT2D eigenvalue weighted by Crippen LogP contribution is 2.21. The summed E-state index contributed by atoms with van der Waals surface area (Å²) in [5.74, 6) is 1.07. The zero-order valence-corrected chi connectivity index (χ0v) is 12.9. The Morgan fingerprint density at radius 3 is 2.53 bits per heavy atom. The normalized spacial score (nSPS) is 10.7. The van der Waals surface area contributed by atoms with Crippen LogP contribution in [0.15, 0.2) is 6.20 Å². The summed E-state index contributed by atoms with van der Waals surface area (Å²) in [4.78, 5) is 2.29. The van der Waals surface area contributed by atoms with Crippen LogP contribution in [0.3, 0.4) is 0 Å². The van der Waals surface area contributed by atoms with Crippen LogP contribution in [-0.2, 0) is 6.42 Å². The summed E-state index contributed by atoms with van der Waals surface area (Å²) in [5.41, 5.74) is 2.62. The third kappa shape index (κ3) is 4.78. The van der Waals surface area contributed by atoms with Crippen molar-refractivity contribution in [3.05, 3.63) is 17.3 Å². The molecule has 1 N–H and O–H groups in total. The first kappa shape index (κ1) is 15.9. The van der Waals surface area contributed by atoms with Crippen molar-refractivity contribution in [2.24, 2.45) is 0 Å². The number of nitrogens with one attached hydrogen (secondary N) is 1. The summed E-state index contributed by atoms with van der Waals surface area (Å²) in [7, 11) is 0. The van der Waals surface area contributed by atoms with Crippen LogP contribution in [-0.4, -0.2) is 36.4 Å². The number of aryl methyl sites for hydroxylation is 1. The second-order valence-corrected chi connectivity index (χ2v) is 4.86. The molecule has 4 nitrogen and oxygen atoms in total. The summed E-state index contributed by atoms with van der Waals surface area (Å²) in [6, 6.07) is 0. The zero-order chi connectivity index (χ0) is 14.1. The van der Waals surface area contributed by atoms with Crippen LogP contribution in [0.25, 0.3) is 0 Å². The molecule has 0 aliphatic carbocycles. The Kier molecular flexibility index (Phi) is 7.41. The smallest absolute Gasteiger partial charge is 0.154 e. The van der Waals surface area contributed by atoms with Crippen LogP contribution >= 0.6 is 0 Å². The van der Waals surface area contributed by atoms with Gasteiger partial charge >= 0.3 is 0 Å². The lowest BCUT2D eigenvalue weighted by Gasteiger charge is -2.23. The van der Waals surface area contributed by atoms with Gasteiger partial charge in [0.25, 0.3) is 0 Å². The average molecular weight is 264 g/mol. The van der Waals surface area contributed by atoms with E-state index in [-0.39, 0.29) is 0 Å². The molecule has 1 aromatic rings. The number of hydrogen-bond acceptors (Lipinski definition) is 4. The Morgan fingerprint density at radius 2 is 1.89 bits per heavy atom. The highest BCUT2D eigenvalue weighted by atomic mass is 15.3. The zero-order valence-electron chi connectivity index (χ0n) is 12.9. The Bertz CT molecular complexity index is 361. The SMILES string of the molecule is CCCNCCCc1c(C)cnnc1N(CC)CC. The van der Waals surface area contributed by atoms with Gasteiger partial charge < -0.3 is 10.2 Å². The first-order chi connectivity index (χ1) is 9.24. The fourth-order valence-electron chi connectivity index (χ4n) is 2.26. The van der Waals surface area contributed by atoms with Gasteiger partial charge in [0.05, 0.1) is 6.20 Å². The Labute approximate surface area is 117 Å². The molecule has 1 aromatic heterocycles. The molecule has 0 saturated carbocycles. The molecule has 1 rings (SSSR count). The van der Waals surface area contributed by atoms with Crippen LogP contribution in [0.4, 0.5) is 5.82 Å². The lowest BCUT2D eigenvalue weighted by molar-refractivity contribution is 0.637. The molecule has 0 bridgehead atoms. The molecule has 0 radical (unpaired) electrons. The summed E-state index contributed by atoms with van der Waals surface area (Å²) < 4.78 is 0.